The summed E-state index contributed by atoms with van der Waals surface area (Å²) in [5.41, 5.74) is 0. The molecule has 0 aromatic rings. The van der Waals surface area contributed by atoms with E-state index in [1.165, 1.54) is 6.92 Å². The molecule has 1 amide bonds. The van der Waals surface area contributed by atoms with E-state index in [1.54, 1.807) is 0 Å². The van der Waals surface area contributed by atoms with Gasteiger partial charge in [-0.25, -0.2) is 0 Å². The summed E-state index contributed by atoms with van der Waals surface area (Å²) < 4.78 is 0.316. The van der Waals surface area contributed by atoms with Gasteiger partial charge in [0.2, 0.25) is 5.91 Å². The zero-order chi connectivity index (χ0) is 10.3. The molecular weight excluding hydrogens is 168 g/mol. The Bertz CT molecular complexity index is 206. The first kappa shape index (κ1) is 11.8. The quantitative estimate of drug-likeness (QED) is 0.286. The third kappa shape index (κ3) is 7.16. The summed E-state index contributed by atoms with van der Waals surface area (Å²) in [7, 11) is 3.74. The molecule has 0 saturated heterocycles. The van der Waals surface area contributed by atoms with Crippen molar-refractivity contribution in [2.24, 2.45) is 0 Å². The minimum absolute atomic E-state index is 0.0109. The van der Waals surface area contributed by atoms with Crippen molar-refractivity contribution in [2.45, 2.75) is 13.3 Å². The number of carbonyl (C=O) groups excluding carboxylic acids is 1. The van der Waals surface area contributed by atoms with Crippen LogP contribution in [0, 0.1) is 12.5 Å². The number of carbonyl (C=O) groups is 1. The summed E-state index contributed by atoms with van der Waals surface area (Å²) in [5.74, 6) is -0.0109. The third-order valence-electron chi connectivity index (χ3n) is 1.55. The van der Waals surface area contributed by atoms with Crippen molar-refractivity contribution >= 4 is 5.91 Å². The van der Waals surface area contributed by atoms with Crippen LogP contribution in [0.2, 0.25) is 0 Å². The molecule has 0 aromatic heterocycles. The van der Waals surface area contributed by atoms with E-state index in [0.717, 1.165) is 13.0 Å². The van der Waals surface area contributed by atoms with Crippen molar-refractivity contribution < 1.29 is 14.3 Å². The van der Waals surface area contributed by atoms with Crippen LogP contribution in [0.15, 0.2) is 0 Å². The van der Waals surface area contributed by atoms with Crippen molar-refractivity contribution in [1.82, 2.24) is 5.32 Å². The number of hydroxylamine groups is 3. The van der Waals surface area contributed by atoms with Gasteiger partial charge in [-0.1, -0.05) is 6.42 Å². The summed E-state index contributed by atoms with van der Waals surface area (Å²) >= 11 is 0. The highest BCUT2D eigenvalue weighted by atomic mass is 16.7. The van der Waals surface area contributed by atoms with E-state index in [4.69, 9.17) is 11.3 Å². The number of rotatable bonds is 5. The van der Waals surface area contributed by atoms with Gasteiger partial charge in [-0.2, -0.15) is 0 Å². The standard InChI is InChI=1S/C9H16N2O2/c1-5-13-11(3,4)8-6-7-10-9(2)12/h1H,6-8H2,2-4H3/p+1. The number of terminal acetylenes is 1. The molecule has 0 aliphatic carbocycles. The lowest BCUT2D eigenvalue weighted by Gasteiger charge is -2.23. The Morgan fingerprint density at radius 3 is 2.69 bits per heavy atom. The number of hydrogen-bond donors (Lipinski definition) is 1. The highest BCUT2D eigenvalue weighted by molar-refractivity contribution is 5.72. The van der Waals surface area contributed by atoms with Crippen LogP contribution in [0.25, 0.3) is 0 Å². The molecule has 0 radical (unpaired) electrons. The second kappa shape index (κ2) is 5.44. The summed E-state index contributed by atoms with van der Waals surface area (Å²) in [6.45, 7) is 2.92. The first-order valence-electron chi connectivity index (χ1n) is 4.19. The fourth-order valence-electron chi connectivity index (χ4n) is 0.913. The molecule has 0 aliphatic heterocycles. The monoisotopic (exact) mass is 185 g/mol. The van der Waals surface area contributed by atoms with Gasteiger partial charge in [0.25, 0.3) is 0 Å². The lowest BCUT2D eigenvalue weighted by atomic mass is 10.4. The number of hydrogen-bond acceptors (Lipinski definition) is 2. The van der Waals surface area contributed by atoms with E-state index in [-0.39, 0.29) is 5.91 Å². The minimum atomic E-state index is -0.0109. The molecule has 0 spiro atoms. The highest BCUT2D eigenvalue weighted by Gasteiger charge is 2.15. The van der Waals surface area contributed by atoms with Crippen LogP contribution in [-0.4, -0.2) is 37.7 Å². The zero-order valence-electron chi connectivity index (χ0n) is 8.46. The molecular formula is C9H17N2O2+. The van der Waals surface area contributed by atoms with Gasteiger partial charge in [-0.05, 0) is 0 Å². The van der Waals surface area contributed by atoms with Crippen molar-refractivity contribution in [1.29, 1.82) is 0 Å². The fourth-order valence-corrected chi connectivity index (χ4v) is 0.913. The molecule has 0 saturated carbocycles. The van der Waals surface area contributed by atoms with E-state index in [0.29, 0.717) is 11.2 Å². The predicted octanol–water partition coefficient (Wildman–Crippen LogP) is 0.111. The van der Waals surface area contributed by atoms with Gasteiger partial charge in [0.1, 0.15) is 20.6 Å². The molecule has 0 unspecified atom stereocenters. The van der Waals surface area contributed by atoms with Gasteiger partial charge < -0.3 is 5.32 Å². The maximum atomic E-state index is 10.5. The summed E-state index contributed by atoms with van der Waals surface area (Å²) in [5, 5.41) is 2.70. The van der Waals surface area contributed by atoms with Crippen LogP contribution in [0.5, 0.6) is 0 Å². The molecule has 0 atom stereocenters. The largest absolute Gasteiger partial charge is 0.356 e. The molecule has 0 bridgehead atoms. The molecule has 0 aliphatic rings. The Labute approximate surface area is 79.4 Å². The molecule has 0 aromatic carbocycles. The Balaban J connectivity index is 3.52. The molecule has 0 rings (SSSR count). The van der Waals surface area contributed by atoms with Crippen molar-refractivity contribution in [3.05, 3.63) is 0 Å². The fraction of sp³-hybridized carbons (Fsp3) is 0.667. The Kier molecular flexibility index (Phi) is 4.93. The van der Waals surface area contributed by atoms with Gasteiger partial charge in [-0.15, -0.1) is 4.65 Å². The Morgan fingerprint density at radius 1 is 1.62 bits per heavy atom. The average molecular weight is 185 g/mol. The summed E-state index contributed by atoms with van der Waals surface area (Å²) in [6.07, 6.45) is 7.99. The van der Waals surface area contributed by atoms with E-state index >= 15 is 0 Å². The maximum Gasteiger partial charge on any atom is 0.216 e. The topological polar surface area (TPSA) is 38.3 Å². The van der Waals surface area contributed by atoms with Crippen LogP contribution in [0.3, 0.4) is 0 Å². The molecule has 1 N–H and O–H groups in total. The van der Waals surface area contributed by atoms with Crippen LogP contribution in [0.1, 0.15) is 13.3 Å². The maximum absolute atomic E-state index is 10.5. The van der Waals surface area contributed by atoms with Crippen molar-refractivity contribution in [2.75, 3.05) is 27.2 Å². The van der Waals surface area contributed by atoms with E-state index in [9.17, 15) is 4.79 Å². The SMILES string of the molecule is C#CO[N+](C)(C)CCCNC(C)=O. The lowest BCUT2D eigenvalue weighted by molar-refractivity contribution is -1.06. The summed E-state index contributed by atoms with van der Waals surface area (Å²) in [6, 6.07) is 0. The van der Waals surface area contributed by atoms with Gasteiger partial charge in [0.15, 0.2) is 6.11 Å². The Morgan fingerprint density at radius 2 is 2.23 bits per heavy atom. The molecule has 4 heteroatoms. The van der Waals surface area contributed by atoms with Crippen molar-refractivity contribution in [3.63, 3.8) is 0 Å². The summed E-state index contributed by atoms with van der Waals surface area (Å²) in [4.78, 5) is 15.5. The van der Waals surface area contributed by atoms with Crippen LogP contribution in [0.4, 0.5) is 0 Å². The number of quaternary nitrogens is 1. The van der Waals surface area contributed by atoms with Crippen LogP contribution >= 0.6 is 0 Å². The van der Waals surface area contributed by atoms with Crippen LogP contribution < -0.4 is 5.32 Å². The van der Waals surface area contributed by atoms with Gasteiger partial charge in [-0.3, -0.25) is 9.63 Å². The Hall–Kier alpha value is -1.21. The molecule has 74 valence electrons. The van der Waals surface area contributed by atoms with Crippen molar-refractivity contribution in [3.8, 4) is 12.5 Å². The number of nitrogens with zero attached hydrogens (tertiary/aromatic N) is 1. The van der Waals surface area contributed by atoms with Gasteiger partial charge in [0.05, 0.1) is 0 Å². The highest BCUT2D eigenvalue weighted by Crippen LogP contribution is 1.98. The number of nitrogens with one attached hydrogen (secondary N) is 1. The molecule has 4 nitrogen and oxygen atoms in total. The average Bonchev–Trinajstić information content (AvgIpc) is 1.98. The predicted molar refractivity (Wildman–Crippen MR) is 50.2 cm³/mol. The second-order valence-electron chi connectivity index (χ2n) is 3.34. The smallest absolute Gasteiger partial charge is 0.216 e. The minimum Gasteiger partial charge on any atom is -0.356 e. The number of amides is 1. The second-order valence-corrected chi connectivity index (χ2v) is 3.34. The first-order chi connectivity index (χ1) is 5.98. The first-order valence-corrected chi connectivity index (χ1v) is 4.19. The van der Waals surface area contributed by atoms with Crippen LogP contribution in [-0.2, 0) is 9.63 Å². The lowest BCUT2D eigenvalue weighted by Crippen LogP contribution is -2.40. The molecule has 0 heterocycles. The van der Waals surface area contributed by atoms with Gasteiger partial charge >= 0.3 is 0 Å². The zero-order valence-corrected chi connectivity index (χ0v) is 8.46. The van der Waals surface area contributed by atoms with E-state index < -0.39 is 0 Å². The molecule has 13 heavy (non-hydrogen) atoms. The molecule has 0 fully saturated rings. The van der Waals surface area contributed by atoms with E-state index in [1.807, 2.05) is 14.1 Å². The third-order valence-corrected chi connectivity index (χ3v) is 1.55. The van der Waals surface area contributed by atoms with E-state index in [2.05, 4.69) is 11.4 Å². The normalized spacial score (nSPS) is 10.3. The van der Waals surface area contributed by atoms with Gasteiger partial charge in [0, 0.05) is 19.9 Å².